The summed E-state index contributed by atoms with van der Waals surface area (Å²) in [5.74, 6) is 1.48. The van der Waals surface area contributed by atoms with E-state index in [1.807, 2.05) is 0 Å². The molecular formula is C38H33N. The number of hydrogen-bond donors (Lipinski definition) is 1. The van der Waals surface area contributed by atoms with E-state index in [-0.39, 0.29) is 0 Å². The lowest BCUT2D eigenvalue weighted by Gasteiger charge is -2.29. The predicted molar refractivity (Wildman–Crippen MR) is 165 cm³/mol. The van der Waals surface area contributed by atoms with Crippen LogP contribution in [0.3, 0.4) is 0 Å². The molecule has 39 heavy (non-hydrogen) atoms. The zero-order valence-electron chi connectivity index (χ0n) is 22.1. The highest BCUT2D eigenvalue weighted by atomic mass is 14.9. The molecule has 1 heteroatoms. The van der Waals surface area contributed by atoms with E-state index in [1.165, 1.54) is 44.7 Å². The first-order valence-corrected chi connectivity index (χ1v) is 14.2. The molecule has 1 N–H and O–H groups in total. The van der Waals surface area contributed by atoms with Gasteiger partial charge in [-0.15, -0.1) is 0 Å². The Morgan fingerprint density at radius 1 is 0.615 bits per heavy atom. The first-order chi connectivity index (χ1) is 19.3. The third-order valence-electron chi connectivity index (χ3n) is 8.48. The molecule has 0 amide bonds. The maximum atomic E-state index is 3.71. The fraction of sp³-hybridized carbons (Fsp3) is 0.158. The van der Waals surface area contributed by atoms with Crippen molar-refractivity contribution in [3.05, 3.63) is 155 Å². The minimum atomic E-state index is 0.408. The van der Waals surface area contributed by atoms with E-state index in [0.29, 0.717) is 17.8 Å². The molecule has 1 nitrogen and oxygen atoms in total. The van der Waals surface area contributed by atoms with Crippen molar-refractivity contribution in [1.82, 2.24) is 0 Å². The van der Waals surface area contributed by atoms with Crippen molar-refractivity contribution in [1.29, 1.82) is 0 Å². The first-order valence-electron chi connectivity index (χ1n) is 14.2. The number of benzene rings is 4. The lowest BCUT2D eigenvalue weighted by atomic mass is 9.76. The molecule has 3 atom stereocenters. The summed E-state index contributed by atoms with van der Waals surface area (Å²) in [6, 6.07) is 35.5. The van der Waals surface area contributed by atoms with Crippen LogP contribution >= 0.6 is 0 Å². The van der Waals surface area contributed by atoms with E-state index in [9.17, 15) is 0 Å². The summed E-state index contributed by atoms with van der Waals surface area (Å²) < 4.78 is 0. The molecule has 0 heterocycles. The number of hydrogen-bond acceptors (Lipinski definition) is 1. The van der Waals surface area contributed by atoms with Gasteiger partial charge in [-0.2, -0.15) is 0 Å². The Bertz CT molecular complexity index is 1700. The van der Waals surface area contributed by atoms with Crippen LogP contribution in [0.1, 0.15) is 42.2 Å². The van der Waals surface area contributed by atoms with Gasteiger partial charge in [0.2, 0.25) is 0 Å². The maximum absolute atomic E-state index is 3.71. The van der Waals surface area contributed by atoms with Crippen LogP contribution in [0, 0.1) is 5.92 Å². The fourth-order valence-electron chi connectivity index (χ4n) is 6.40. The van der Waals surface area contributed by atoms with E-state index >= 15 is 0 Å². The zero-order valence-corrected chi connectivity index (χ0v) is 22.1. The van der Waals surface area contributed by atoms with Gasteiger partial charge in [-0.05, 0) is 87.7 Å². The monoisotopic (exact) mass is 503 g/mol. The van der Waals surface area contributed by atoms with Gasteiger partial charge < -0.3 is 5.32 Å². The standard InChI is InChI=1S/C38H33N/c1-3-9-27(10-4-1)33-24-34(28-11-5-2-6-12-28)26-36(25-33)39-35-20-17-29(18-21-35)31-19-22-38-32(23-31)16-15-30-13-7-8-14-37(30)38/h1-11,13-15,17-22,24-26,28,31-32,39H,12,16,23H2. The molecule has 3 aliphatic rings. The van der Waals surface area contributed by atoms with Gasteiger partial charge in [0.05, 0.1) is 0 Å². The Morgan fingerprint density at radius 2 is 1.46 bits per heavy atom. The topological polar surface area (TPSA) is 12.0 Å². The smallest absolute Gasteiger partial charge is 0.0393 e. The summed E-state index contributed by atoms with van der Waals surface area (Å²) in [4.78, 5) is 0. The highest BCUT2D eigenvalue weighted by Crippen LogP contribution is 2.38. The predicted octanol–water partition coefficient (Wildman–Crippen LogP) is 8.39. The Balaban J connectivity index is 1.14. The second kappa shape index (κ2) is 10.4. The fourth-order valence-corrected chi connectivity index (χ4v) is 6.40. The minimum Gasteiger partial charge on any atom is -0.356 e. The van der Waals surface area contributed by atoms with Crippen LogP contribution in [0.25, 0.3) is 22.8 Å². The Morgan fingerprint density at radius 3 is 2.31 bits per heavy atom. The lowest BCUT2D eigenvalue weighted by Crippen LogP contribution is -2.33. The maximum Gasteiger partial charge on any atom is 0.0393 e. The molecule has 7 rings (SSSR count). The summed E-state index contributed by atoms with van der Waals surface area (Å²) in [6.45, 7) is 0. The molecule has 0 bridgehead atoms. The average molecular weight is 504 g/mol. The van der Waals surface area contributed by atoms with Gasteiger partial charge in [0, 0.05) is 23.2 Å². The van der Waals surface area contributed by atoms with Gasteiger partial charge in [0.1, 0.15) is 0 Å². The molecule has 0 aromatic heterocycles. The van der Waals surface area contributed by atoms with Crippen molar-refractivity contribution in [2.45, 2.75) is 31.1 Å². The molecule has 0 saturated carbocycles. The third-order valence-corrected chi connectivity index (χ3v) is 8.48. The van der Waals surface area contributed by atoms with E-state index in [4.69, 9.17) is 0 Å². The Kier molecular flexibility index (Phi) is 6.34. The van der Waals surface area contributed by atoms with Crippen molar-refractivity contribution < 1.29 is 0 Å². The minimum absolute atomic E-state index is 0.408. The Hall–Kier alpha value is -4.36. The van der Waals surface area contributed by atoms with Crippen molar-refractivity contribution in [3.8, 4) is 11.1 Å². The van der Waals surface area contributed by atoms with Crippen molar-refractivity contribution >= 4 is 23.0 Å². The van der Waals surface area contributed by atoms with E-state index in [2.05, 4.69) is 145 Å². The van der Waals surface area contributed by atoms with E-state index in [0.717, 1.165) is 24.2 Å². The highest BCUT2D eigenvalue weighted by molar-refractivity contribution is 5.73. The number of allylic oxidation sites excluding steroid dienone is 6. The SMILES string of the molecule is C1=CCC(c2cc(Nc3ccc(C4C=CC5=c6ccccc6=CCC5C4)cc3)cc(-c3ccccc3)c2)C=C1. The average Bonchev–Trinajstić information content (AvgIpc) is 3.02. The number of nitrogens with one attached hydrogen (secondary N) is 1. The summed E-state index contributed by atoms with van der Waals surface area (Å²) in [5, 5.41) is 6.51. The van der Waals surface area contributed by atoms with Crippen molar-refractivity contribution in [3.63, 3.8) is 0 Å². The molecule has 0 saturated heterocycles. The molecule has 3 aliphatic carbocycles. The van der Waals surface area contributed by atoms with Gasteiger partial charge in [-0.1, -0.05) is 115 Å². The lowest BCUT2D eigenvalue weighted by molar-refractivity contribution is 0.569. The van der Waals surface area contributed by atoms with Crippen LogP contribution in [-0.4, -0.2) is 0 Å². The summed E-state index contributed by atoms with van der Waals surface area (Å²) in [6.07, 6.45) is 19.5. The van der Waals surface area contributed by atoms with Crippen LogP contribution in [0.4, 0.5) is 11.4 Å². The van der Waals surface area contributed by atoms with Gasteiger partial charge >= 0.3 is 0 Å². The van der Waals surface area contributed by atoms with E-state index in [1.54, 1.807) is 0 Å². The number of anilines is 2. The van der Waals surface area contributed by atoms with Crippen LogP contribution in [0.5, 0.6) is 0 Å². The normalized spacial score (nSPS) is 21.1. The van der Waals surface area contributed by atoms with Crippen LogP contribution in [0.2, 0.25) is 0 Å². The first kappa shape index (κ1) is 23.7. The van der Waals surface area contributed by atoms with E-state index < -0.39 is 0 Å². The Labute approximate surface area is 231 Å². The van der Waals surface area contributed by atoms with Crippen molar-refractivity contribution in [2.24, 2.45) is 5.92 Å². The summed E-state index contributed by atoms with van der Waals surface area (Å²) in [5.41, 5.74) is 9.02. The van der Waals surface area contributed by atoms with Gasteiger partial charge in [0.15, 0.2) is 0 Å². The highest BCUT2D eigenvalue weighted by Gasteiger charge is 2.24. The molecule has 0 aliphatic heterocycles. The quantitative estimate of drug-likeness (QED) is 0.288. The van der Waals surface area contributed by atoms with Crippen molar-refractivity contribution in [2.75, 3.05) is 5.32 Å². The van der Waals surface area contributed by atoms with Crippen LogP contribution < -0.4 is 15.8 Å². The summed E-state index contributed by atoms with van der Waals surface area (Å²) >= 11 is 0. The largest absolute Gasteiger partial charge is 0.356 e. The van der Waals surface area contributed by atoms with Gasteiger partial charge in [-0.3, -0.25) is 0 Å². The molecule has 3 unspecified atom stereocenters. The molecule has 4 aromatic carbocycles. The van der Waals surface area contributed by atoms with Crippen LogP contribution in [0.15, 0.2) is 134 Å². The molecule has 0 radical (unpaired) electrons. The second-order valence-corrected chi connectivity index (χ2v) is 11.0. The third kappa shape index (κ3) is 4.93. The zero-order chi connectivity index (χ0) is 26.0. The number of fused-ring (bicyclic) bond motifs is 2. The molecular weight excluding hydrogens is 470 g/mol. The molecule has 0 fully saturated rings. The second-order valence-electron chi connectivity index (χ2n) is 11.0. The van der Waals surface area contributed by atoms with Gasteiger partial charge in [0.25, 0.3) is 0 Å². The molecule has 0 spiro atoms. The number of rotatable bonds is 5. The van der Waals surface area contributed by atoms with Gasteiger partial charge in [-0.25, -0.2) is 0 Å². The molecule has 4 aromatic rings. The summed E-state index contributed by atoms with van der Waals surface area (Å²) in [7, 11) is 0. The molecule has 190 valence electrons. The van der Waals surface area contributed by atoms with Crippen LogP contribution in [-0.2, 0) is 0 Å².